The highest BCUT2D eigenvalue weighted by Gasteiger charge is 2.59. The Labute approximate surface area is 305 Å². The van der Waals surface area contributed by atoms with Crippen molar-refractivity contribution >= 4 is 11.9 Å². The minimum atomic E-state index is -1.07. The normalized spacial score (nSPS) is 26.3. The molecule has 1 heterocycles. The molecule has 4 rings (SSSR count). The van der Waals surface area contributed by atoms with E-state index in [0.717, 1.165) is 37.7 Å². The van der Waals surface area contributed by atoms with E-state index in [-0.39, 0.29) is 40.6 Å². The van der Waals surface area contributed by atoms with E-state index in [0.29, 0.717) is 41.7 Å². The Morgan fingerprint density at radius 2 is 1.76 bits per heavy atom. The van der Waals surface area contributed by atoms with Gasteiger partial charge >= 0.3 is 11.9 Å². The van der Waals surface area contributed by atoms with Gasteiger partial charge < -0.3 is 23.4 Å². The summed E-state index contributed by atoms with van der Waals surface area (Å²) < 4.78 is 29.6. The topological polar surface area (TPSA) is 101 Å². The Hall–Kier alpha value is -3.65. The van der Waals surface area contributed by atoms with Gasteiger partial charge in [-0.3, -0.25) is 4.79 Å². The first-order valence-corrected chi connectivity index (χ1v) is 18.6. The number of fused-ring (bicyclic) bond motifs is 1. The number of hydrogen-bond donors (Lipinski definition) is 0. The van der Waals surface area contributed by atoms with Crippen LogP contribution in [0.5, 0.6) is 5.95 Å². The standard InChI is InChI=1S/C43H60O8/c1-12-27(4)37(51-40(46)38(47-10)31-18-14-13-15-19-31)39(45)50-35-22-24-42(8)33(25-32-36(44)29(6)30(7)49-41(32)48-11)28(5)20-21-34(42)43(35,9)23-16-17-26(2)3/h13-15,17-19,27,33-35,37-38H,5,12,16,20-25H2,1-4,6-11H3/t27?,33-,34-,35+,37-,38+,42-,43+/m1/s1. The van der Waals surface area contributed by atoms with Crippen LogP contribution in [0.2, 0.25) is 0 Å². The summed E-state index contributed by atoms with van der Waals surface area (Å²) in [6.45, 7) is 20.8. The Morgan fingerprint density at radius 1 is 1.08 bits per heavy atom. The zero-order chi connectivity index (χ0) is 37.7. The number of aryl methyl sites for hydroxylation is 1. The summed E-state index contributed by atoms with van der Waals surface area (Å²) >= 11 is 0. The Bertz CT molecular complexity index is 1630. The van der Waals surface area contributed by atoms with Gasteiger partial charge in [0.05, 0.1) is 12.7 Å². The van der Waals surface area contributed by atoms with Gasteiger partial charge in [0.15, 0.2) is 11.5 Å². The van der Waals surface area contributed by atoms with E-state index in [9.17, 15) is 14.4 Å². The highest BCUT2D eigenvalue weighted by atomic mass is 16.6. The molecule has 2 saturated carbocycles. The molecule has 1 aromatic heterocycles. The van der Waals surface area contributed by atoms with Crippen molar-refractivity contribution in [3.63, 3.8) is 0 Å². The number of hydrogen-bond acceptors (Lipinski definition) is 8. The van der Waals surface area contributed by atoms with Crippen molar-refractivity contribution in [3.8, 4) is 5.95 Å². The molecule has 2 aliphatic carbocycles. The molecule has 1 unspecified atom stereocenters. The number of benzene rings is 1. The maximum Gasteiger partial charge on any atom is 0.348 e. The third-order valence-electron chi connectivity index (χ3n) is 12.2. The monoisotopic (exact) mass is 704 g/mol. The number of rotatable bonds is 14. The fourth-order valence-electron chi connectivity index (χ4n) is 8.85. The summed E-state index contributed by atoms with van der Waals surface area (Å²) in [5.41, 5.74) is 3.51. The van der Waals surface area contributed by atoms with Crippen molar-refractivity contribution < 1.29 is 33.0 Å². The lowest BCUT2D eigenvalue weighted by Crippen LogP contribution is -2.58. The molecule has 0 radical (unpaired) electrons. The molecule has 2 fully saturated rings. The summed E-state index contributed by atoms with van der Waals surface area (Å²) in [5, 5.41) is 0. The van der Waals surface area contributed by atoms with Crippen LogP contribution >= 0.6 is 0 Å². The fraction of sp³-hybridized carbons (Fsp3) is 0.605. The lowest BCUT2D eigenvalue weighted by molar-refractivity contribution is -0.198. The van der Waals surface area contributed by atoms with E-state index in [1.807, 2.05) is 32.0 Å². The zero-order valence-corrected chi connectivity index (χ0v) is 32.6. The van der Waals surface area contributed by atoms with Gasteiger partial charge in [-0.2, -0.15) is 0 Å². The van der Waals surface area contributed by atoms with Crippen molar-refractivity contribution in [1.82, 2.24) is 0 Å². The number of esters is 2. The summed E-state index contributed by atoms with van der Waals surface area (Å²) in [6, 6.07) is 9.14. The van der Waals surface area contributed by atoms with Gasteiger partial charge in [-0.25, -0.2) is 9.59 Å². The highest BCUT2D eigenvalue weighted by molar-refractivity contribution is 5.82. The van der Waals surface area contributed by atoms with Crippen LogP contribution in [-0.4, -0.2) is 38.4 Å². The molecule has 2 aliphatic rings. The lowest BCUT2D eigenvalue weighted by atomic mass is 9.45. The van der Waals surface area contributed by atoms with E-state index in [1.165, 1.54) is 19.8 Å². The SMILES string of the molecule is C=C1CC[C@H]2[C@](C)(CCC=C(C)C)[C@@H](OC(=O)[C@H](OC(=O)[C@@H](OC)c3ccccc3)C(C)CC)CC[C@]2(C)[C@@H]1Cc1c(OC)oc(C)c(C)c1=O. The van der Waals surface area contributed by atoms with E-state index < -0.39 is 29.6 Å². The van der Waals surface area contributed by atoms with Crippen LogP contribution in [0.4, 0.5) is 0 Å². The number of carbonyl (C=O) groups excluding carboxylic acids is 2. The molecule has 8 nitrogen and oxygen atoms in total. The third-order valence-corrected chi connectivity index (χ3v) is 12.2. The molecule has 0 N–H and O–H groups in total. The van der Waals surface area contributed by atoms with Crippen molar-refractivity contribution in [2.24, 2.45) is 28.6 Å². The minimum absolute atomic E-state index is 0.00682. The van der Waals surface area contributed by atoms with Crippen LogP contribution in [0, 0.1) is 42.4 Å². The van der Waals surface area contributed by atoms with Gasteiger partial charge in [0, 0.05) is 24.0 Å². The van der Waals surface area contributed by atoms with Crippen molar-refractivity contribution in [1.29, 1.82) is 0 Å². The van der Waals surface area contributed by atoms with E-state index in [4.69, 9.17) is 23.4 Å². The van der Waals surface area contributed by atoms with Gasteiger partial charge in [-0.05, 0) is 102 Å². The minimum Gasteiger partial charge on any atom is -0.468 e. The van der Waals surface area contributed by atoms with Gasteiger partial charge in [-0.15, -0.1) is 0 Å². The second kappa shape index (κ2) is 16.8. The van der Waals surface area contributed by atoms with Crippen molar-refractivity contribution in [2.45, 2.75) is 125 Å². The Balaban J connectivity index is 1.67. The number of allylic oxidation sites excluding steroid dienone is 3. The zero-order valence-electron chi connectivity index (χ0n) is 32.6. The number of ether oxygens (including phenoxy) is 4. The fourth-order valence-corrected chi connectivity index (χ4v) is 8.85. The molecule has 0 saturated heterocycles. The maximum absolute atomic E-state index is 14.2. The average molecular weight is 705 g/mol. The molecule has 1 aromatic carbocycles. The number of methoxy groups -OCH3 is 2. The predicted molar refractivity (Wildman–Crippen MR) is 200 cm³/mol. The van der Waals surface area contributed by atoms with Crippen molar-refractivity contribution in [2.75, 3.05) is 14.2 Å². The van der Waals surface area contributed by atoms with Gasteiger partial charge in [0.2, 0.25) is 6.10 Å². The molecule has 51 heavy (non-hydrogen) atoms. The molecule has 0 bridgehead atoms. The molecule has 8 atom stereocenters. The third kappa shape index (κ3) is 8.37. The smallest absolute Gasteiger partial charge is 0.348 e. The van der Waals surface area contributed by atoms with Crippen LogP contribution in [0.25, 0.3) is 0 Å². The molecule has 0 spiro atoms. The van der Waals surface area contributed by atoms with E-state index >= 15 is 0 Å². The second-order valence-corrected chi connectivity index (χ2v) is 15.7. The highest BCUT2D eigenvalue weighted by Crippen LogP contribution is 2.63. The summed E-state index contributed by atoms with van der Waals surface area (Å²) in [7, 11) is 3.00. The van der Waals surface area contributed by atoms with Crippen molar-refractivity contribution in [3.05, 3.63) is 86.8 Å². The van der Waals surface area contributed by atoms with Gasteiger partial charge in [-0.1, -0.05) is 81.8 Å². The second-order valence-electron chi connectivity index (χ2n) is 15.7. The van der Waals surface area contributed by atoms with Crippen LogP contribution in [0.15, 0.2) is 63.3 Å². The Morgan fingerprint density at radius 3 is 2.37 bits per heavy atom. The first-order chi connectivity index (χ1) is 24.1. The summed E-state index contributed by atoms with van der Waals surface area (Å²) in [4.78, 5) is 41.3. The molecular weight excluding hydrogens is 644 g/mol. The number of carbonyl (C=O) groups is 2. The molecular formula is C43H60O8. The molecule has 0 amide bonds. The average Bonchev–Trinajstić information content (AvgIpc) is 3.10. The summed E-state index contributed by atoms with van der Waals surface area (Å²) in [6.07, 6.45) is 5.72. The maximum atomic E-state index is 14.2. The largest absolute Gasteiger partial charge is 0.468 e. The van der Waals surface area contributed by atoms with Crippen LogP contribution < -0.4 is 10.2 Å². The lowest BCUT2D eigenvalue weighted by Gasteiger charge is -2.61. The van der Waals surface area contributed by atoms with Gasteiger partial charge in [0.25, 0.3) is 5.95 Å². The molecule has 8 heteroatoms. The van der Waals surface area contributed by atoms with E-state index in [2.05, 4.69) is 40.3 Å². The molecule has 280 valence electrons. The quantitative estimate of drug-likeness (QED) is 0.142. The van der Waals surface area contributed by atoms with Crippen LogP contribution in [0.1, 0.15) is 115 Å². The predicted octanol–water partition coefficient (Wildman–Crippen LogP) is 9.20. The molecule has 0 aliphatic heterocycles. The first-order valence-electron chi connectivity index (χ1n) is 18.6. The van der Waals surface area contributed by atoms with Gasteiger partial charge in [0.1, 0.15) is 11.9 Å². The molecule has 2 aromatic rings. The Kier molecular flexibility index (Phi) is 13.2. The van der Waals surface area contributed by atoms with Crippen LogP contribution in [-0.2, 0) is 30.2 Å². The van der Waals surface area contributed by atoms with Crippen LogP contribution in [0.3, 0.4) is 0 Å². The first kappa shape index (κ1) is 40.1. The summed E-state index contributed by atoms with van der Waals surface area (Å²) in [5.74, 6) is -0.396. The van der Waals surface area contributed by atoms with E-state index in [1.54, 1.807) is 26.0 Å².